The van der Waals surface area contributed by atoms with Gasteiger partial charge in [0.15, 0.2) is 9.50 Å². The van der Waals surface area contributed by atoms with E-state index in [1.54, 1.807) is 23.1 Å². The Morgan fingerprint density at radius 3 is 2.72 bits per heavy atom. The summed E-state index contributed by atoms with van der Waals surface area (Å²) in [5.41, 5.74) is 4.17. The Labute approximate surface area is 200 Å². The van der Waals surface area contributed by atoms with E-state index in [9.17, 15) is 4.79 Å². The number of aromatic nitrogens is 4. The number of amides is 1. The van der Waals surface area contributed by atoms with Crippen LogP contribution in [0.4, 0.5) is 5.69 Å². The number of anilines is 1. The van der Waals surface area contributed by atoms with Crippen molar-refractivity contribution >= 4 is 56.7 Å². The molecule has 4 rings (SSSR count). The lowest BCUT2D eigenvalue weighted by molar-refractivity contribution is -0.113. The standard InChI is InChI=1S/C23H25N5OS3/c1-4-16-10-8-9-15(3)21(16)25-20(29)14-30-22-27-26-19(28(22)5-2)13-31-23-24-17-11-6-7-12-18(17)32-23/h6-12H,4-5,13-14H2,1-3H3,(H,25,29). The average molecular weight is 484 g/mol. The molecule has 166 valence electrons. The van der Waals surface area contributed by atoms with Gasteiger partial charge in [-0.15, -0.1) is 21.5 Å². The Kier molecular flexibility index (Phi) is 7.49. The number of rotatable bonds is 9. The number of nitrogens with zero attached hydrogens (tertiary/aromatic N) is 4. The van der Waals surface area contributed by atoms with E-state index in [4.69, 9.17) is 0 Å². The van der Waals surface area contributed by atoms with Crippen molar-refractivity contribution in [2.24, 2.45) is 0 Å². The highest BCUT2D eigenvalue weighted by Crippen LogP contribution is 2.31. The van der Waals surface area contributed by atoms with Crippen LogP contribution >= 0.6 is 34.9 Å². The second-order valence-electron chi connectivity index (χ2n) is 7.18. The van der Waals surface area contributed by atoms with E-state index < -0.39 is 0 Å². The Hall–Kier alpha value is -2.36. The smallest absolute Gasteiger partial charge is 0.234 e. The number of hydrogen-bond acceptors (Lipinski definition) is 7. The van der Waals surface area contributed by atoms with E-state index in [1.165, 1.54) is 16.5 Å². The zero-order valence-corrected chi connectivity index (χ0v) is 20.7. The molecule has 0 fully saturated rings. The van der Waals surface area contributed by atoms with Crippen molar-refractivity contribution in [1.82, 2.24) is 19.7 Å². The molecule has 32 heavy (non-hydrogen) atoms. The summed E-state index contributed by atoms with van der Waals surface area (Å²) in [6.07, 6.45) is 0.879. The molecular weight excluding hydrogens is 458 g/mol. The third kappa shape index (κ3) is 5.16. The molecule has 0 radical (unpaired) electrons. The van der Waals surface area contributed by atoms with Gasteiger partial charge in [-0.2, -0.15) is 0 Å². The number of para-hydroxylation sites is 2. The van der Waals surface area contributed by atoms with E-state index >= 15 is 0 Å². The number of thioether (sulfide) groups is 2. The van der Waals surface area contributed by atoms with Gasteiger partial charge in [0.05, 0.1) is 21.7 Å². The highest BCUT2D eigenvalue weighted by atomic mass is 32.2. The van der Waals surface area contributed by atoms with Crippen molar-refractivity contribution in [2.75, 3.05) is 11.1 Å². The SMILES string of the molecule is CCc1cccc(C)c1NC(=O)CSc1nnc(CSc2nc3ccccc3s2)n1CC. The number of hydrogen-bond donors (Lipinski definition) is 1. The topological polar surface area (TPSA) is 72.7 Å². The maximum absolute atomic E-state index is 12.6. The van der Waals surface area contributed by atoms with Crippen molar-refractivity contribution in [1.29, 1.82) is 0 Å². The molecule has 1 amide bonds. The van der Waals surface area contributed by atoms with Crippen LogP contribution in [0.3, 0.4) is 0 Å². The fourth-order valence-electron chi connectivity index (χ4n) is 3.40. The Morgan fingerprint density at radius 2 is 1.94 bits per heavy atom. The molecule has 0 saturated carbocycles. The Balaban J connectivity index is 1.38. The third-order valence-corrected chi connectivity index (χ3v) is 8.19. The van der Waals surface area contributed by atoms with Crippen LogP contribution in [0.25, 0.3) is 10.2 Å². The number of fused-ring (bicyclic) bond motifs is 1. The van der Waals surface area contributed by atoms with Crippen molar-refractivity contribution in [3.05, 3.63) is 59.4 Å². The Bertz CT molecular complexity index is 1200. The molecule has 0 bridgehead atoms. The van der Waals surface area contributed by atoms with Crippen LogP contribution in [0.5, 0.6) is 0 Å². The maximum Gasteiger partial charge on any atom is 0.234 e. The number of aryl methyl sites for hydroxylation is 2. The molecule has 2 aromatic carbocycles. The molecule has 2 aromatic heterocycles. The first kappa shape index (κ1) is 22.8. The molecule has 2 heterocycles. The predicted octanol–water partition coefficient (Wildman–Crippen LogP) is 5.80. The van der Waals surface area contributed by atoms with Crippen molar-refractivity contribution in [3.63, 3.8) is 0 Å². The number of carbonyl (C=O) groups excluding carboxylic acids is 1. The van der Waals surface area contributed by atoms with Crippen LogP contribution in [0, 0.1) is 6.92 Å². The van der Waals surface area contributed by atoms with Crippen LogP contribution in [0.2, 0.25) is 0 Å². The summed E-state index contributed by atoms with van der Waals surface area (Å²) < 4.78 is 4.29. The van der Waals surface area contributed by atoms with Crippen LogP contribution < -0.4 is 5.32 Å². The summed E-state index contributed by atoms with van der Waals surface area (Å²) >= 11 is 4.78. The van der Waals surface area contributed by atoms with Crippen LogP contribution in [-0.4, -0.2) is 31.4 Å². The van der Waals surface area contributed by atoms with Crippen LogP contribution in [0.1, 0.15) is 30.8 Å². The monoisotopic (exact) mass is 483 g/mol. The number of carbonyl (C=O) groups is 1. The fraction of sp³-hybridized carbons (Fsp3) is 0.304. The normalized spacial score (nSPS) is 11.2. The first-order valence-corrected chi connectivity index (χ1v) is 13.3. The zero-order chi connectivity index (χ0) is 22.5. The molecular formula is C23H25N5OS3. The van der Waals surface area contributed by atoms with Crippen molar-refractivity contribution in [3.8, 4) is 0 Å². The predicted molar refractivity (Wildman–Crippen MR) is 135 cm³/mol. The minimum atomic E-state index is -0.0324. The Morgan fingerprint density at radius 1 is 1.09 bits per heavy atom. The molecule has 0 saturated heterocycles. The highest BCUT2D eigenvalue weighted by Gasteiger charge is 2.15. The summed E-state index contributed by atoms with van der Waals surface area (Å²) in [5.74, 6) is 1.85. The highest BCUT2D eigenvalue weighted by molar-refractivity contribution is 8.00. The van der Waals surface area contributed by atoms with Gasteiger partial charge < -0.3 is 9.88 Å². The van der Waals surface area contributed by atoms with Gasteiger partial charge >= 0.3 is 0 Å². The number of thiazole rings is 1. The first-order chi connectivity index (χ1) is 15.6. The van der Waals surface area contributed by atoms with Gasteiger partial charge in [0.25, 0.3) is 0 Å². The van der Waals surface area contributed by atoms with Gasteiger partial charge in [0, 0.05) is 12.2 Å². The summed E-state index contributed by atoms with van der Waals surface area (Å²) in [5, 5.41) is 12.6. The molecule has 1 N–H and O–H groups in total. The zero-order valence-electron chi connectivity index (χ0n) is 18.3. The number of nitrogens with one attached hydrogen (secondary N) is 1. The van der Waals surface area contributed by atoms with Gasteiger partial charge in [-0.1, -0.05) is 60.8 Å². The van der Waals surface area contributed by atoms with E-state index in [0.29, 0.717) is 11.5 Å². The van der Waals surface area contributed by atoms with Crippen LogP contribution in [0.15, 0.2) is 52.0 Å². The van der Waals surface area contributed by atoms with Gasteiger partial charge in [-0.3, -0.25) is 4.79 Å². The summed E-state index contributed by atoms with van der Waals surface area (Å²) in [7, 11) is 0. The van der Waals surface area contributed by atoms with E-state index in [1.807, 2.05) is 37.3 Å². The first-order valence-electron chi connectivity index (χ1n) is 10.5. The van der Waals surface area contributed by atoms with Gasteiger partial charge in [-0.05, 0) is 43.5 Å². The van der Waals surface area contributed by atoms with Crippen molar-refractivity contribution < 1.29 is 4.79 Å². The second-order valence-corrected chi connectivity index (χ2v) is 10.4. The molecule has 6 nitrogen and oxygen atoms in total. The second kappa shape index (κ2) is 10.5. The quantitative estimate of drug-likeness (QED) is 0.303. The average Bonchev–Trinajstić information content (AvgIpc) is 3.40. The lowest BCUT2D eigenvalue weighted by atomic mass is 10.1. The third-order valence-electron chi connectivity index (χ3n) is 5.05. The molecule has 0 atom stereocenters. The fourth-order valence-corrected chi connectivity index (χ4v) is 6.23. The summed E-state index contributed by atoms with van der Waals surface area (Å²) in [6.45, 7) is 6.94. The van der Waals surface area contributed by atoms with Crippen molar-refractivity contribution in [2.45, 2.75) is 49.0 Å². The molecule has 4 aromatic rings. The summed E-state index contributed by atoms with van der Waals surface area (Å²) in [6, 6.07) is 14.3. The number of benzene rings is 2. The minimum Gasteiger partial charge on any atom is -0.325 e. The maximum atomic E-state index is 12.6. The van der Waals surface area contributed by atoms with Gasteiger partial charge in [0.2, 0.25) is 5.91 Å². The van der Waals surface area contributed by atoms with E-state index in [0.717, 1.165) is 50.6 Å². The largest absolute Gasteiger partial charge is 0.325 e. The van der Waals surface area contributed by atoms with E-state index in [2.05, 4.69) is 51.0 Å². The molecule has 0 spiro atoms. The van der Waals surface area contributed by atoms with Gasteiger partial charge in [0.1, 0.15) is 5.82 Å². The summed E-state index contributed by atoms with van der Waals surface area (Å²) in [4.78, 5) is 17.3. The molecule has 0 unspecified atom stereocenters. The van der Waals surface area contributed by atoms with Gasteiger partial charge in [-0.25, -0.2) is 4.98 Å². The molecule has 9 heteroatoms. The molecule has 0 aliphatic heterocycles. The lowest BCUT2D eigenvalue weighted by Crippen LogP contribution is -2.16. The molecule has 0 aliphatic carbocycles. The molecule has 0 aliphatic rings. The lowest BCUT2D eigenvalue weighted by Gasteiger charge is -2.13. The minimum absolute atomic E-state index is 0.0324. The van der Waals surface area contributed by atoms with Crippen LogP contribution in [-0.2, 0) is 23.5 Å². The van der Waals surface area contributed by atoms with E-state index in [-0.39, 0.29) is 5.91 Å².